The number of thiazole rings is 1. The molecule has 0 aliphatic heterocycles. The van der Waals surface area contributed by atoms with Crippen LogP contribution < -0.4 is 5.32 Å². The molecule has 0 spiro atoms. The summed E-state index contributed by atoms with van der Waals surface area (Å²) < 4.78 is 5.34. The first-order chi connectivity index (χ1) is 11.3. The lowest BCUT2D eigenvalue weighted by Gasteiger charge is -2.20. The van der Waals surface area contributed by atoms with Crippen molar-refractivity contribution in [2.45, 2.75) is 57.9 Å². The van der Waals surface area contributed by atoms with Crippen LogP contribution in [-0.4, -0.2) is 16.9 Å². The largest absolute Gasteiger partial charge is 0.462 e. The topological polar surface area (TPSA) is 55.1 Å². The van der Waals surface area contributed by atoms with Crippen LogP contribution in [0.4, 0.5) is 0 Å². The van der Waals surface area contributed by atoms with E-state index >= 15 is 0 Å². The van der Waals surface area contributed by atoms with Gasteiger partial charge in [0, 0.05) is 11.4 Å². The normalized spacial score (nSPS) is 20.7. The lowest BCUT2D eigenvalue weighted by atomic mass is 9.96. The van der Waals surface area contributed by atoms with Crippen molar-refractivity contribution < 1.29 is 9.21 Å². The van der Waals surface area contributed by atoms with Gasteiger partial charge in [0.25, 0.3) is 0 Å². The van der Waals surface area contributed by atoms with E-state index in [4.69, 9.17) is 4.42 Å². The van der Waals surface area contributed by atoms with Crippen molar-refractivity contribution in [1.82, 2.24) is 10.3 Å². The molecule has 0 radical (unpaired) electrons. The average molecular weight is 332 g/mol. The summed E-state index contributed by atoms with van der Waals surface area (Å²) in [4.78, 5) is 16.8. The molecule has 2 aromatic rings. The molecule has 23 heavy (non-hydrogen) atoms. The number of nitrogens with one attached hydrogen (secondary N) is 1. The molecule has 1 aliphatic carbocycles. The minimum Gasteiger partial charge on any atom is -0.462 e. The van der Waals surface area contributed by atoms with Crippen LogP contribution in [0.3, 0.4) is 0 Å². The Kier molecular flexibility index (Phi) is 5.49. The van der Waals surface area contributed by atoms with Gasteiger partial charge >= 0.3 is 0 Å². The van der Waals surface area contributed by atoms with E-state index in [0.717, 1.165) is 22.9 Å². The van der Waals surface area contributed by atoms with E-state index in [1.165, 1.54) is 43.4 Å². The number of amides is 1. The first kappa shape index (κ1) is 16.2. The average Bonchev–Trinajstić information content (AvgIpc) is 3.26. The molecule has 1 N–H and O–H groups in total. The van der Waals surface area contributed by atoms with Gasteiger partial charge in [0.05, 0.1) is 18.4 Å². The van der Waals surface area contributed by atoms with Crippen molar-refractivity contribution in [3.05, 3.63) is 29.5 Å². The third kappa shape index (κ3) is 4.22. The molecule has 1 saturated carbocycles. The first-order valence-electron chi connectivity index (χ1n) is 8.54. The fourth-order valence-corrected chi connectivity index (χ4v) is 4.15. The van der Waals surface area contributed by atoms with E-state index in [2.05, 4.69) is 17.2 Å². The number of carbonyl (C=O) groups is 1. The first-order valence-corrected chi connectivity index (χ1v) is 9.42. The molecule has 2 atom stereocenters. The van der Waals surface area contributed by atoms with Gasteiger partial charge in [-0.15, -0.1) is 11.3 Å². The maximum atomic E-state index is 12.3. The Hall–Kier alpha value is -1.62. The summed E-state index contributed by atoms with van der Waals surface area (Å²) in [7, 11) is 0. The molecule has 3 rings (SSSR count). The number of hydrogen-bond donors (Lipinski definition) is 1. The van der Waals surface area contributed by atoms with Crippen LogP contribution in [0.1, 0.15) is 51.1 Å². The lowest BCUT2D eigenvalue weighted by molar-refractivity contribution is -0.121. The summed E-state index contributed by atoms with van der Waals surface area (Å²) in [6.07, 6.45) is 9.33. The van der Waals surface area contributed by atoms with Crippen LogP contribution in [0.5, 0.6) is 0 Å². The Morgan fingerprint density at radius 2 is 2.39 bits per heavy atom. The zero-order valence-electron chi connectivity index (χ0n) is 13.6. The lowest BCUT2D eigenvalue weighted by Crippen LogP contribution is -2.38. The molecular weight excluding hydrogens is 308 g/mol. The molecule has 2 aromatic heterocycles. The van der Waals surface area contributed by atoms with Crippen molar-refractivity contribution in [1.29, 1.82) is 0 Å². The SMILES string of the molecule is CCCCC1CCCC1NC(=O)Cc1csc(-c2ccco2)n1. The maximum absolute atomic E-state index is 12.3. The summed E-state index contributed by atoms with van der Waals surface area (Å²) >= 11 is 1.52. The van der Waals surface area contributed by atoms with Crippen LogP contribution in [0.25, 0.3) is 10.8 Å². The van der Waals surface area contributed by atoms with Gasteiger partial charge in [-0.05, 0) is 37.3 Å². The number of nitrogens with zero attached hydrogens (tertiary/aromatic N) is 1. The van der Waals surface area contributed by atoms with Crippen molar-refractivity contribution >= 4 is 17.2 Å². The zero-order valence-corrected chi connectivity index (χ0v) is 14.4. The molecule has 1 amide bonds. The molecule has 0 bridgehead atoms. The molecule has 2 heterocycles. The quantitative estimate of drug-likeness (QED) is 0.816. The second kappa shape index (κ2) is 7.77. The Bertz CT molecular complexity index is 621. The standard InChI is InChI=1S/C18H24N2O2S/c1-2-3-6-13-7-4-8-15(13)20-17(21)11-14-12-23-18(19-14)16-9-5-10-22-16/h5,9-10,12-13,15H,2-4,6-8,11H2,1H3,(H,20,21). The summed E-state index contributed by atoms with van der Waals surface area (Å²) in [5, 5.41) is 6.01. The third-order valence-electron chi connectivity index (χ3n) is 4.56. The number of aromatic nitrogens is 1. The van der Waals surface area contributed by atoms with E-state index in [1.54, 1.807) is 6.26 Å². The fourth-order valence-electron chi connectivity index (χ4n) is 3.36. The van der Waals surface area contributed by atoms with Gasteiger partial charge in [-0.2, -0.15) is 0 Å². The maximum Gasteiger partial charge on any atom is 0.226 e. The van der Waals surface area contributed by atoms with E-state index in [1.807, 2.05) is 17.5 Å². The van der Waals surface area contributed by atoms with Crippen molar-refractivity contribution in [3.8, 4) is 10.8 Å². The molecule has 0 saturated heterocycles. The summed E-state index contributed by atoms with van der Waals surface area (Å²) in [6.45, 7) is 2.22. The van der Waals surface area contributed by atoms with Gasteiger partial charge in [0.15, 0.2) is 10.8 Å². The minimum absolute atomic E-state index is 0.0923. The molecule has 1 aliphatic rings. The Labute approximate surface area is 141 Å². The number of rotatable bonds is 7. The molecule has 0 aromatic carbocycles. The van der Waals surface area contributed by atoms with Crippen LogP contribution in [-0.2, 0) is 11.2 Å². The van der Waals surface area contributed by atoms with Gasteiger partial charge in [-0.25, -0.2) is 4.98 Å². The second-order valence-electron chi connectivity index (χ2n) is 6.31. The highest BCUT2D eigenvalue weighted by Gasteiger charge is 2.28. The van der Waals surface area contributed by atoms with Crippen LogP contribution in [0.2, 0.25) is 0 Å². The van der Waals surface area contributed by atoms with E-state index in [-0.39, 0.29) is 5.91 Å². The van der Waals surface area contributed by atoms with Crippen molar-refractivity contribution in [3.63, 3.8) is 0 Å². The highest BCUT2D eigenvalue weighted by Crippen LogP contribution is 2.30. The van der Waals surface area contributed by atoms with Crippen molar-refractivity contribution in [2.24, 2.45) is 5.92 Å². The summed E-state index contributed by atoms with van der Waals surface area (Å²) in [5.74, 6) is 1.51. The van der Waals surface area contributed by atoms with Gasteiger partial charge in [-0.1, -0.05) is 26.2 Å². The fraction of sp³-hybridized carbons (Fsp3) is 0.556. The zero-order chi connectivity index (χ0) is 16.1. The predicted octanol–water partition coefficient (Wildman–Crippen LogP) is 4.42. The highest BCUT2D eigenvalue weighted by atomic mass is 32.1. The third-order valence-corrected chi connectivity index (χ3v) is 5.46. The summed E-state index contributed by atoms with van der Waals surface area (Å²) in [6, 6.07) is 4.09. The highest BCUT2D eigenvalue weighted by molar-refractivity contribution is 7.13. The van der Waals surface area contributed by atoms with Gasteiger partial charge < -0.3 is 9.73 Å². The Morgan fingerprint density at radius 1 is 1.48 bits per heavy atom. The van der Waals surface area contributed by atoms with E-state index in [9.17, 15) is 4.79 Å². The monoisotopic (exact) mass is 332 g/mol. The van der Waals surface area contributed by atoms with E-state index < -0.39 is 0 Å². The summed E-state index contributed by atoms with van der Waals surface area (Å²) in [5.41, 5.74) is 0.821. The molecule has 124 valence electrons. The van der Waals surface area contributed by atoms with Gasteiger partial charge in [0.1, 0.15) is 0 Å². The molecule has 1 fully saturated rings. The Morgan fingerprint density at radius 3 is 3.17 bits per heavy atom. The molecule has 5 heteroatoms. The van der Waals surface area contributed by atoms with Crippen LogP contribution >= 0.6 is 11.3 Å². The van der Waals surface area contributed by atoms with E-state index in [0.29, 0.717) is 18.4 Å². The molecular formula is C18H24N2O2S. The molecule has 2 unspecified atom stereocenters. The van der Waals surface area contributed by atoms with Gasteiger partial charge in [0.2, 0.25) is 5.91 Å². The molecule has 4 nitrogen and oxygen atoms in total. The number of hydrogen-bond acceptors (Lipinski definition) is 4. The van der Waals surface area contributed by atoms with Crippen molar-refractivity contribution in [2.75, 3.05) is 0 Å². The number of carbonyl (C=O) groups excluding carboxylic acids is 1. The number of furan rings is 1. The predicted molar refractivity (Wildman–Crippen MR) is 92.3 cm³/mol. The Balaban J connectivity index is 1.53. The second-order valence-corrected chi connectivity index (χ2v) is 7.16. The van der Waals surface area contributed by atoms with Crippen LogP contribution in [0, 0.1) is 5.92 Å². The van der Waals surface area contributed by atoms with Crippen LogP contribution in [0.15, 0.2) is 28.2 Å². The smallest absolute Gasteiger partial charge is 0.226 e. The van der Waals surface area contributed by atoms with Gasteiger partial charge in [-0.3, -0.25) is 4.79 Å². The minimum atomic E-state index is 0.0923. The number of unbranched alkanes of at least 4 members (excludes halogenated alkanes) is 1.